The van der Waals surface area contributed by atoms with E-state index in [1.165, 1.54) is 18.9 Å². The molecule has 4 aliphatic rings. The molecule has 4 heterocycles. The van der Waals surface area contributed by atoms with Crippen LogP contribution in [0.3, 0.4) is 0 Å². The third kappa shape index (κ3) is 4.95. The van der Waals surface area contributed by atoms with Gasteiger partial charge < -0.3 is 49.5 Å². The van der Waals surface area contributed by atoms with Crippen molar-refractivity contribution < 1.29 is 49.3 Å². The molecule has 10 atom stereocenters. The summed E-state index contributed by atoms with van der Waals surface area (Å²) >= 11 is 0. The van der Waals surface area contributed by atoms with Crippen LogP contribution in [-0.2, 0) is 30.2 Å². The third-order valence-corrected chi connectivity index (χ3v) is 8.93. The van der Waals surface area contributed by atoms with Gasteiger partial charge in [0.15, 0.2) is 6.29 Å². The van der Waals surface area contributed by atoms with E-state index >= 15 is 0 Å². The van der Waals surface area contributed by atoms with Crippen LogP contribution < -0.4 is 0 Å². The quantitative estimate of drug-likeness (QED) is 0.194. The van der Waals surface area contributed by atoms with E-state index in [4.69, 9.17) is 18.9 Å². The van der Waals surface area contributed by atoms with Gasteiger partial charge in [-0.2, -0.15) is 0 Å². The minimum absolute atomic E-state index is 0.299. The van der Waals surface area contributed by atoms with Gasteiger partial charge in [0.25, 0.3) is 0 Å². The summed E-state index contributed by atoms with van der Waals surface area (Å²) in [7, 11) is 1.31. The van der Waals surface area contributed by atoms with Gasteiger partial charge in [-0.3, -0.25) is 4.90 Å². The first kappa shape index (κ1) is 29.3. The van der Waals surface area contributed by atoms with Gasteiger partial charge in [-0.1, -0.05) is 24.3 Å². The Morgan fingerprint density at radius 1 is 1.17 bits per heavy atom. The van der Waals surface area contributed by atoms with Crippen molar-refractivity contribution in [3.63, 3.8) is 0 Å². The standard InChI is InChI=1S/C30H38N2O10/c1-14(34)11-32-10-9-17-15-5-3-4-6-20(15)31-23(17)24(32)18-8-7-16-19(28(38)39-2)13-40-29(22(16)18)42-30-27(37)26(36)25(35)21(12-33)41-30/h3-6,8,13-14,16,21-22,24-27,29-31,33-37H,7,9-12H2,1-2H3/t14-,16+,21+,22-,24-,25+,26-,27+,29-,30-/m0/s1. The molecule has 0 saturated carbocycles. The van der Waals surface area contributed by atoms with Gasteiger partial charge in [0.2, 0.25) is 6.29 Å². The van der Waals surface area contributed by atoms with Crippen molar-refractivity contribution in [2.24, 2.45) is 11.8 Å². The Balaban J connectivity index is 1.39. The number of nitrogens with zero attached hydrogens (tertiary/aromatic N) is 1. The maximum atomic E-state index is 12.8. The highest BCUT2D eigenvalue weighted by atomic mass is 16.8. The smallest absolute Gasteiger partial charge is 0.337 e. The molecule has 42 heavy (non-hydrogen) atoms. The largest absolute Gasteiger partial charge is 0.471 e. The van der Waals surface area contributed by atoms with Crippen LogP contribution in [0.25, 0.3) is 10.9 Å². The van der Waals surface area contributed by atoms with Crippen LogP contribution in [0, 0.1) is 11.8 Å². The molecule has 2 aromatic rings. The summed E-state index contributed by atoms with van der Waals surface area (Å²) in [5.41, 5.74) is 4.45. The molecule has 1 aromatic carbocycles. The Kier molecular flexibility index (Phi) is 8.15. The van der Waals surface area contributed by atoms with Crippen LogP contribution >= 0.6 is 0 Å². The number of methoxy groups -OCH3 is 1. The van der Waals surface area contributed by atoms with E-state index < -0.39 is 61.6 Å². The number of aliphatic hydroxyl groups excluding tert-OH is 5. The lowest BCUT2D eigenvalue weighted by molar-refractivity contribution is -0.339. The van der Waals surface area contributed by atoms with Crippen molar-refractivity contribution >= 4 is 16.9 Å². The highest BCUT2D eigenvalue weighted by Gasteiger charge is 2.52. The van der Waals surface area contributed by atoms with Crippen molar-refractivity contribution in [3.05, 3.63) is 59.0 Å². The molecule has 0 radical (unpaired) electrons. The van der Waals surface area contributed by atoms with E-state index in [9.17, 15) is 30.3 Å². The monoisotopic (exact) mass is 586 g/mol. The number of ether oxygens (including phenoxy) is 4. The molecule has 1 fully saturated rings. The number of benzene rings is 1. The maximum absolute atomic E-state index is 12.8. The molecule has 12 heteroatoms. The zero-order valence-corrected chi connectivity index (χ0v) is 23.5. The van der Waals surface area contributed by atoms with Crippen LogP contribution in [0.2, 0.25) is 0 Å². The number of H-pyrrole nitrogens is 1. The summed E-state index contributed by atoms with van der Waals surface area (Å²) in [6, 6.07) is 7.80. The van der Waals surface area contributed by atoms with Crippen molar-refractivity contribution in [1.29, 1.82) is 0 Å². The molecule has 6 rings (SSSR count). The number of fused-ring (bicyclic) bond motifs is 4. The van der Waals surface area contributed by atoms with Gasteiger partial charge in [0, 0.05) is 35.6 Å². The summed E-state index contributed by atoms with van der Waals surface area (Å²) in [6.07, 6.45) is -4.33. The van der Waals surface area contributed by atoms with Crippen LogP contribution in [0.1, 0.15) is 30.6 Å². The molecule has 1 saturated heterocycles. The molecule has 6 N–H and O–H groups in total. The molecule has 228 valence electrons. The number of nitrogens with one attached hydrogen (secondary N) is 1. The predicted octanol–water partition coefficient (Wildman–Crippen LogP) is 0.240. The molecule has 12 nitrogen and oxygen atoms in total. The van der Waals surface area contributed by atoms with Gasteiger partial charge in [0.05, 0.1) is 43.6 Å². The first-order chi connectivity index (χ1) is 20.2. The van der Waals surface area contributed by atoms with E-state index in [0.717, 1.165) is 28.6 Å². The minimum Gasteiger partial charge on any atom is -0.471 e. The van der Waals surface area contributed by atoms with Gasteiger partial charge in [-0.25, -0.2) is 4.79 Å². The molecular weight excluding hydrogens is 548 g/mol. The second kappa shape index (κ2) is 11.7. The number of aromatic nitrogens is 1. The third-order valence-electron chi connectivity index (χ3n) is 8.93. The summed E-state index contributed by atoms with van der Waals surface area (Å²) in [5, 5.41) is 52.5. The first-order valence-electron chi connectivity index (χ1n) is 14.3. The number of hydrogen-bond acceptors (Lipinski definition) is 11. The summed E-state index contributed by atoms with van der Waals surface area (Å²) < 4.78 is 22.8. The number of esters is 1. The SMILES string of the molecule is COC(=O)C1=CO[C@@H](O[C@@H]2O[C@H](CO)[C@@H](O)[C@H](O)[C@H]2O)[C@@H]2C([C@H]3c4[nH]c5ccccc5c4CCN3C[C@H](C)O)=CC[C@H]12. The fourth-order valence-corrected chi connectivity index (χ4v) is 7.00. The van der Waals surface area contributed by atoms with Crippen LogP contribution in [-0.4, -0.2) is 111 Å². The second-order valence-corrected chi connectivity index (χ2v) is 11.5. The van der Waals surface area contributed by atoms with E-state index in [-0.39, 0.29) is 12.0 Å². The van der Waals surface area contributed by atoms with Crippen molar-refractivity contribution in [3.8, 4) is 0 Å². The predicted molar refractivity (Wildman–Crippen MR) is 148 cm³/mol. The molecule has 0 spiro atoms. The molecule has 0 bridgehead atoms. The van der Waals surface area contributed by atoms with Crippen molar-refractivity contribution in [2.45, 2.75) is 68.9 Å². The first-order valence-corrected chi connectivity index (χ1v) is 14.3. The van der Waals surface area contributed by atoms with E-state index in [1.807, 2.05) is 18.2 Å². The number of β-amino-alcohol motifs (C(OH)–C–C–N with tert-alkyl or cyclic N) is 1. The zero-order valence-electron chi connectivity index (χ0n) is 23.5. The number of carbonyl (C=O) groups is 1. The average molecular weight is 587 g/mol. The summed E-state index contributed by atoms with van der Waals surface area (Å²) in [5.74, 6) is -1.43. The van der Waals surface area contributed by atoms with Gasteiger partial charge in [0.1, 0.15) is 24.4 Å². The highest BCUT2D eigenvalue weighted by Crippen LogP contribution is 2.51. The lowest BCUT2D eigenvalue weighted by Gasteiger charge is -2.45. The van der Waals surface area contributed by atoms with Crippen LogP contribution in [0.4, 0.5) is 0 Å². The number of allylic oxidation sites excluding steroid dienone is 1. The molecule has 0 amide bonds. The maximum Gasteiger partial charge on any atom is 0.337 e. The normalized spacial score (nSPS) is 35.5. The molecule has 0 unspecified atom stereocenters. The lowest BCUT2D eigenvalue weighted by Crippen LogP contribution is -2.60. The number of carbonyl (C=O) groups excluding carboxylic acids is 1. The van der Waals surface area contributed by atoms with Crippen molar-refractivity contribution in [1.82, 2.24) is 9.88 Å². The fraction of sp³-hybridized carbons (Fsp3) is 0.567. The van der Waals surface area contributed by atoms with Crippen LogP contribution in [0.15, 0.2) is 47.7 Å². The number of aliphatic hydroxyl groups is 5. The Morgan fingerprint density at radius 3 is 2.69 bits per heavy atom. The number of rotatable bonds is 7. The van der Waals surface area contributed by atoms with Gasteiger partial charge in [-0.05, 0) is 37.0 Å². The molecule has 3 aliphatic heterocycles. The molecular formula is C30H38N2O10. The van der Waals surface area contributed by atoms with E-state index in [0.29, 0.717) is 25.1 Å². The van der Waals surface area contributed by atoms with Gasteiger partial charge >= 0.3 is 5.97 Å². The fourth-order valence-electron chi connectivity index (χ4n) is 7.00. The Hall–Kier alpha value is -2.81. The summed E-state index contributed by atoms with van der Waals surface area (Å²) in [4.78, 5) is 18.6. The molecule has 1 aromatic heterocycles. The van der Waals surface area contributed by atoms with E-state index in [2.05, 4.69) is 22.0 Å². The number of aromatic amines is 1. The highest BCUT2D eigenvalue weighted by molar-refractivity contribution is 5.89. The minimum atomic E-state index is -1.62. The van der Waals surface area contributed by atoms with Crippen LogP contribution in [0.5, 0.6) is 0 Å². The molecule has 1 aliphatic carbocycles. The van der Waals surface area contributed by atoms with Gasteiger partial charge in [-0.15, -0.1) is 0 Å². The zero-order chi connectivity index (χ0) is 29.7. The Labute approximate surface area is 242 Å². The van der Waals surface area contributed by atoms with Crippen molar-refractivity contribution in [2.75, 3.05) is 26.8 Å². The van der Waals surface area contributed by atoms with E-state index in [1.54, 1.807) is 6.92 Å². The topological polar surface area (TPSA) is 174 Å². The Morgan fingerprint density at radius 2 is 1.95 bits per heavy atom. The second-order valence-electron chi connectivity index (χ2n) is 11.5. The lowest BCUT2D eigenvalue weighted by atomic mass is 9.79. The number of para-hydroxylation sites is 1. The average Bonchev–Trinajstić information content (AvgIpc) is 3.59. The summed E-state index contributed by atoms with van der Waals surface area (Å²) in [6.45, 7) is 2.25. The Bertz CT molecular complexity index is 1370. The number of hydrogen-bond donors (Lipinski definition) is 6.